The quantitative estimate of drug-likeness (QED) is 0.840. The lowest BCUT2D eigenvalue weighted by molar-refractivity contribution is -0.158. The minimum Gasteiger partial charge on any atom is -0.497 e. The zero-order valence-corrected chi connectivity index (χ0v) is 12.1. The Kier molecular flexibility index (Phi) is 5.01. The molecule has 0 spiro atoms. The molecule has 1 aliphatic carbocycles. The van der Waals surface area contributed by atoms with Gasteiger partial charge in [-0.25, -0.2) is 0 Å². The van der Waals surface area contributed by atoms with Crippen LogP contribution in [-0.4, -0.2) is 19.6 Å². The van der Waals surface area contributed by atoms with Crippen LogP contribution < -0.4 is 10.5 Å². The van der Waals surface area contributed by atoms with E-state index in [4.69, 9.17) is 15.2 Å². The van der Waals surface area contributed by atoms with Gasteiger partial charge in [-0.2, -0.15) is 0 Å². The van der Waals surface area contributed by atoms with Crippen LogP contribution in [0.1, 0.15) is 37.7 Å². The van der Waals surface area contributed by atoms with Crippen molar-refractivity contribution in [3.05, 3.63) is 29.8 Å². The number of carbonyl (C=O) groups is 1. The zero-order chi connectivity index (χ0) is 14.4. The van der Waals surface area contributed by atoms with Crippen molar-refractivity contribution < 1.29 is 14.3 Å². The third-order valence-corrected chi connectivity index (χ3v) is 4.16. The van der Waals surface area contributed by atoms with Gasteiger partial charge in [-0.15, -0.1) is 0 Å². The second kappa shape index (κ2) is 6.75. The number of carbonyl (C=O) groups excluding carboxylic acids is 1. The summed E-state index contributed by atoms with van der Waals surface area (Å²) in [5.74, 6) is 0.654. The van der Waals surface area contributed by atoms with E-state index in [-0.39, 0.29) is 5.97 Å². The van der Waals surface area contributed by atoms with E-state index in [0.717, 1.165) is 37.0 Å². The topological polar surface area (TPSA) is 61.5 Å². The van der Waals surface area contributed by atoms with Crippen molar-refractivity contribution in [2.45, 2.75) is 38.7 Å². The first-order chi connectivity index (χ1) is 9.70. The van der Waals surface area contributed by atoms with Gasteiger partial charge >= 0.3 is 5.97 Å². The van der Waals surface area contributed by atoms with Crippen molar-refractivity contribution in [3.63, 3.8) is 0 Å². The highest BCUT2D eigenvalue weighted by atomic mass is 16.5. The summed E-state index contributed by atoms with van der Waals surface area (Å²) in [4.78, 5) is 12.3. The zero-order valence-electron chi connectivity index (χ0n) is 12.1. The van der Waals surface area contributed by atoms with Gasteiger partial charge in [0.05, 0.1) is 12.5 Å². The lowest BCUT2D eigenvalue weighted by Gasteiger charge is -2.33. The Labute approximate surface area is 120 Å². The molecular formula is C16H23NO3. The number of rotatable bonds is 5. The standard InChI is InChI=1S/C16H23NO3/c1-19-14-7-5-13(6-8-14)11-20-15(18)16(12-17)9-3-2-4-10-16/h5-8H,2-4,9-12,17H2,1H3. The van der Waals surface area contributed by atoms with Crippen molar-refractivity contribution in [3.8, 4) is 5.75 Å². The van der Waals surface area contributed by atoms with Crippen LogP contribution in [0.25, 0.3) is 0 Å². The van der Waals surface area contributed by atoms with E-state index in [2.05, 4.69) is 0 Å². The molecule has 0 radical (unpaired) electrons. The molecule has 4 nitrogen and oxygen atoms in total. The Morgan fingerprint density at radius 2 is 1.85 bits per heavy atom. The molecule has 1 saturated carbocycles. The van der Waals surface area contributed by atoms with E-state index < -0.39 is 5.41 Å². The van der Waals surface area contributed by atoms with Crippen molar-refractivity contribution in [1.29, 1.82) is 0 Å². The molecular weight excluding hydrogens is 254 g/mol. The summed E-state index contributed by atoms with van der Waals surface area (Å²) in [6.07, 6.45) is 5.02. The average molecular weight is 277 g/mol. The van der Waals surface area contributed by atoms with Crippen LogP contribution in [0, 0.1) is 5.41 Å². The number of ether oxygens (including phenoxy) is 2. The van der Waals surface area contributed by atoms with Crippen LogP contribution >= 0.6 is 0 Å². The second-order valence-corrected chi connectivity index (χ2v) is 5.47. The summed E-state index contributed by atoms with van der Waals surface area (Å²) in [7, 11) is 1.63. The van der Waals surface area contributed by atoms with E-state index in [9.17, 15) is 4.79 Å². The molecule has 0 unspecified atom stereocenters. The monoisotopic (exact) mass is 277 g/mol. The van der Waals surface area contributed by atoms with Gasteiger partial charge in [-0.3, -0.25) is 4.79 Å². The molecule has 2 rings (SSSR count). The number of hydrogen-bond acceptors (Lipinski definition) is 4. The van der Waals surface area contributed by atoms with Crippen LogP contribution in [0.4, 0.5) is 0 Å². The van der Waals surface area contributed by atoms with Gasteiger partial charge in [-0.1, -0.05) is 31.4 Å². The van der Waals surface area contributed by atoms with Crippen molar-refractivity contribution >= 4 is 5.97 Å². The highest BCUT2D eigenvalue weighted by molar-refractivity contribution is 5.77. The van der Waals surface area contributed by atoms with Crippen LogP contribution in [0.15, 0.2) is 24.3 Å². The fourth-order valence-electron chi connectivity index (χ4n) is 2.74. The molecule has 20 heavy (non-hydrogen) atoms. The van der Waals surface area contributed by atoms with Crippen molar-refractivity contribution in [1.82, 2.24) is 0 Å². The summed E-state index contributed by atoms with van der Waals surface area (Å²) in [6.45, 7) is 0.680. The minimum atomic E-state index is -0.454. The fourth-order valence-corrected chi connectivity index (χ4v) is 2.74. The number of esters is 1. The average Bonchev–Trinajstić information content (AvgIpc) is 2.53. The van der Waals surface area contributed by atoms with E-state index in [1.807, 2.05) is 24.3 Å². The molecule has 0 atom stereocenters. The maximum Gasteiger partial charge on any atom is 0.313 e. The van der Waals surface area contributed by atoms with Gasteiger partial charge in [0, 0.05) is 6.54 Å². The smallest absolute Gasteiger partial charge is 0.313 e. The van der Waals surface area contributed by atoms with Gasteiger partial charge in [0.2, 0.25) is 0 Å². The normalized spacial score (nSPS) is 17.5. The summed E-state index contributed by atoms with van der Waals surface area (Å²) in [5.41, 5.74) is 6.34. The molecule has 1 fully saturated rings. The second-order valence-electron chi connectivity index (χ2n) is 5.47. The molecule has 0 aliphatic heterocycles. The van der Waals surface area contributed by atoms with Crippen LogP contribution in [0.5, 0.6) is 5.75 Å². The van der Waals surface area contributed by atoms with E-state index in [0.29, 0.717) is 13.2 Å². The Morgan fingerprint density at radius 1 is 1.20 bits per heavy atom. The van der Waals surface area contributed by atoms with Crippen molar-refractivity contribution in [2.75, 3.05) is 13.7 Å². The summed E-state index contributed by atoms with van der Waals surface area (Å²) in [5, 5.41) is 0. The maximum absolute atomic E-state index is 12.3. The first-order valence-electron chi connectivity index (χ1n) is 7.20. The maximum atomic E-state index is 12.3. The van der Waals surface area contributed by atoms with Crippen LogP contribution in [0.3, 0.4) is 0 Å². The van der Waals surface area contributed by atoms with E-state index in [1.54, 1.807) is 7.11 Å². The van der Waals surface area contributed by atoms with Gasteiger partial charge in [0.15, 0.2) is 0 Å². The molecule has 0 aromatic heterocycles. The van der Waals surface area contributed by atoms with Crippen LogP contribution in [-0.2, 0) is 16.1 Å². The summed E-state index contributed by atoms with van der Waals surface area (Å²) >= 11 is 0. The molecule has 0 heterocycles. The van der Waals surface area contributed by atoms with Crippen LogP contribution in [0.2, 0.25) is 0 Å². The number of methoxy groups -OCH3 is 1. The molecule has 2 N–H and O–H groups in total. The molecule has 4 heteroatoms. The largest absolute Gasteiger partial charge is 0.497 e. The molecule has 1 aromatic carbocycles. The summed E-state index contributed by atoms with van der Waals surface area (Å²) in [6, 6.07) is 7.54. The first-order valence-corrected chi connectivity index (χ1v) is 7.20. The molecule has 110 valence electrons. The Bertz CT molecular complexity index is 436. The fraction of sp³-hybridized carbons (Fsp3) is 0.562. The molecule has 0 saturated heterocycles. The predicted octanol–water partition coefficient (Wildman–Crippen LogP) is 2.65. The summed E-state index contributed by atoms with van der Waals surface area (Å²) < 4.78 is 10.6. The number of nitrogens with two attached hydrogens (primary N) is 1. The lowest BCUT2D eigenvalue weighted by atomic mass is 9.74. The molecule has 1 aliphatic rings. The number of hydrogen-bond donors (Lipinski definition) is 1. The first kappa shape index (κ1) is 14.9. The predicted molar refractivity (Wildman–Crippen MR) is 77.4 cm³/mol. The van der Waals surface area contributed by atoms with Crippen molar-refractivity contribution in [2.24, 2.45) is 11.1 Å². The van der Waals surface area contributed by atoms with Gasteiger partial charge < -0.3 is 15.2 Å². The third kappa shape index (κ3) is 3.31. The minimum absolute atomic E-state index is 0.143. The SMILES string of the molecule is COc1ccc(COC(=O)C2(CN)CCCCC2)cc1. The lowest BCUT2D eigenvalue weighted by Crippen LogP contribution is -2.41. The van der Waals surface area contributed by atoms with Gasteiger partial charge in [0.25, 0.3) is 0 Å². The Hall–Kier alpha value is -1.55. The van der Waals surface area contributed by atoms with Gasteiger partial charge in [0.1, 0.15) is 12.4 Å². The third-order valence-electron chi connectivity index (χ3n) is 4.16. The molecule has 0 amide bonds. The van der Waals surface area contributed by atoms with E-state index in [1.165, 1.54) is 6.42 Å². The highest BCUT2D eigenvalue weighted by Crippen LogP contribution is 2.36. The van der Waals surface area contributed by atoms with Gasteiger partial charge in [-0.05, 0) is 30.5 Å². The Balaban J connectivity index is 1.93. The molecule has 0 bridgehead atoms. The molecule has 1 aromatic rings. The number of benzene rings is 1. The Morgan fingerprint density at radius 3 is 2.40 bits per heavy atom. The van der Waals surface area contributed by atoms with E-state index >= 15 is 0 Å². The highest BCUT2D eigenvalue weighted by Gasteiger charge is 2.39.